The minimum absolute atomic E-state index is 0.00289. The van der Waals surface area contributed by atoms with Gasteiger partial charge in [0.05, 0.1) is 10.8 Å². The van der Waals surface area contributed by atoms with Crippen molar-refractivity contribution in [3.8, 4) is 0 Å². The maximum Gasteiger partial charge on any atom is 0.311 e. The lowest BCUT2D eigenvalue weighted by Gasteiger charge is -2.43. The lowest BCUT2D eigenvalue weighted by molar-refractivity contribution is -0.148. The first-order valence-electron chi connectivity index (χ1n) is 9.12. The van der Waals surface area contributed by atoms with E-state index in [-0.39, 0.29) is 18.4 Å². The van der Waals surface area contributed by atoms with Gasteiger partial charge in [-0.05, 0) is 31.7 Å². The van der Waals surface area contributed by atoms with Crippen molar-refractivity contribution in [2.24, 2.45) is 5.41 Å². The van der Waals surface area contributed by atoms with E-state index in [9.17, 15) is 19.5 Å². The fourth-order valence-corrected chi connectivity index (χ4v) is 4.20. The van der Waals surface area contributed by atoms with E-state index in [0.717, 1.165) is 5.56 Å². The van der Waals surface area contributed by atoms with Crippen LogP contribution in [-0.4, -0.2) is 58.9 Å². The molecular formula is C20H26N2O4. The van der Waals surface area contributed by atoms with Gasteiger partial charge in [0.25, 0.3) is 0 Å². The van der Waals surface area contributed by atoms with Gasteiger partial charge in [0.15, 0.2) is 0 Å². The molecule has 1 N–H and O–H groups in total. The van der Waals surface area contributed by atoms with E-state index in [4.69, 9.17) is 0 Å². The summed E-state index contributed by atoms with van der Waals surface area (Å²) in [5.74, 6) is -0.830. The molecule has 6 nitrogen and oxygen atoms in total. The zero-order chi connectivity index (χ0) is 18.9. The number of benzene rings is 1. The molecule has 140 valence electrons. The van der Waals surface area contributed by atoms with Crippen molar-refractivity contribution >= 4 is 17.8 Å². The quantitative estimate of drug-likeness (QED) is 0.895. The number of carboxylic acids is 1. The van der Waals surface area contributed by atoms with E-state index in [1.165, 1.54) is 0 Å². The molecule has 26 heavy (non-hydrogen) atoms. The van der Waals surface area contributed by atoms with Gasteiger partial charge in [0.1, 0.15) is 0 Å². The third-order valence-corrected chi connectivity index (χ3v) is 6.07. The van der Waals surface area contributed by atoms with E-state index >= 15 is 0 Å². The molecule has 1 atom stereocenters. The monoisotopic (exact) mass is 358 g/mol. The van der Waals surface area contributed by atoms with Gasteiger partial charge >= 0.3 is 5.97 Å². The summed E-state index contributed by atoms with van der Waals surface area (Å²) in [7, 11) is 0. The van der Waals surface area contributed by atoms with Crippen molar-refractivity contribution in [3.63, 3.8) is 0 Å². The van der Waals surface area contributed by atoms with Crippen molar-refractivity contribution < 1.29 is 19.5 Å². The SMILES string of the molecule is CC(=O)N1CCC(C(=O)N2CCC(C)(C(=O)O)C2)(c2ccccc2)CC1. The number of carbonyl (C=O) groups excluding carboxylic acids is 2. The predicted octanol–water partition coefficient (Wildman–Crippen LogP) is 1.89. The Bertz CT molecular complexity index is 710. The number of aliphatic carboxylic acids is 1. The fourth-order valence-electron chi connectivity index (χ4n) is 4.20. The molecule has 1 aromatic carbocycles. The van der Waals surface area contributed by atoms with Gasteiger partial charge < -0.3 is 14.9 Å². The van der Waals surface area contributed by atoms with Crippen molar-refractivity contribution in [1.82, 2.24) is 9.80 Å². The Morgan fingerprint density at radius 2 is 1.54 bits per heavy atom. The molecule has 2 amide bonds. The summed E-state index contributed by atoms with van der Waals surface area (Å²) in [6.45, 7) is 5.05. The molecule has 6 heteroatoms. The maximum atomic E-state index is 13.5. The molecule has 0 bridgehead atoms. The van der Waals surface area contributed by atoms with E-state index in [0.29, 0.717) is 38.9 Å². The summed E-state index contributed by atoms with van der Waals surface area (Å²) in [6, 6.07) is 9.70. The average Bonchev–Trinajstić information content (AvgIpc) is 3.05. The van der Waals surface area contributed by atoms with E-state index < -0.39 is 16.8 Å². The molecule has 1 unspecified atom stereocenters. The standard InChI is InChI=1S/C20H26N2O4/c1-15(23)21-12-9-20(10-13-21,16-6-4-3-5-7-16)17(24)22-11-8-19(2,14-22)18(25)26/h3-7H,8-14H2,1-2H3,(H,25,26). The van der Waals surface area contributed by atoms with Crippen LogP contribution in [-0.2, 0) is 19.8 Å². The van der Waals surface area contributed by atoms with Gasteiger partial charge in [0, 0.05) is 33.1 Å². The van der Waals surface area contributed by atoms with Crippen molar-refractivity contribution in [1.29, 1.82) is 0 Å². The molecule has 1 aromatic rings. The minimum Gasteiger partial charge on any atom is -0.481 e. The van der Waals surface area contributed by atoms with Crippen LogP contribution in [0.3, 0.4) is 0 Å². The normalized spacial score (nSPS) is 25.2. The first kappa shape index (κ1) is 18.4. The van der Waals surface area contributed by atoms with E-state index in [1.54, 1.807) is 23.6 Å². The Morgan fingerprint density at radius 1 is 0.962 bits per heavy atom. The summed E-state index contributed by atoms with van der Waals surface area (Å²) >= 11 is 0. The number of carboxylic acid groups (broad SMARTS) is 1. The van der Waals surface area contributed by atoms with Crippen LogP contribution in [0.5, 0.6) is 0 Å². The Hall–Kier alpha value is -2.37. The zero-order valence-electron chi connectivity index (χ0n) is 15.4. The van der Waals surface area contributed by atoms with Gasteiger partial charge in [-0.3, -0.25) is 14.4 Å². The first-order valence-corrected chi connectivity index (χ1v) is 9.12. The second-order valence-corrected chi connectivity index (χ2v) is 7.80. The molecule has 0 aromatic heterocycles. The number of hydrogen-bond acceptors (Lipinski definition) is 3. The van der Waals surface area contributed by atoms with Crippen molar-refractivity contribution in [2.75, 3.05) is 26.2 Å². The van der Waals surface area contributed by atoms with Gasteiger partial charge in [-0.15, -0.1) is 0 Å². The highest BCUT2D eigenvalue weighted by molar-refractivity contribution is 5.90. The van der Waals surface area contributed by atoms with Crippen LogP contribution in [0.15, 0.2) is 30.3 Å². The average molecular weight is 358 g/mol. The van der Waals surface area contributed by atoms with Crippen LogP contribution in [0.1, 0.15) is 38.7 Å². The number of piperidine rings is 1. The Labute approximate surface area is 153 Å². The lowest BCUT2D eigenvalue weighted by Crippen LogP contribution is -2.53. The van der Waals surface area contributed by atoms with Crippen LogP contribution in [0.25, 0.3) is 0 Å². The number of hydrogen-bond donors (Lipinski definition) is 1. The Kier molecular flexibility index (Phi) is 4.78. The third-order valence-electron chi connectivity index (χ3n) is 6.07. The molecule has 2 aliphatic heterocycles. The van der Waals surface area contributed by atoms with Gasteiger partial charge in [0.2, 0.25) is 11.8 Å². The maximum absolute atomic E-state index is 13.5. The van der Waals surface area contributed by atoms with Gasteiger partial charge in [-0.1, -0.05) is 30.3 Å². The summed E-state index contributed by atoms with van der Waals surface area (Å²) in [5.41, 5.74) is -0.609. The lowest BCUT2D eigenvalue weighted by atomic mass is 9.71. The number of rotatable bonds is 3. The summed E-state index contributed by atoms with van der Waals surface area (Å²) < 4.78 is 0. The number of nitrogens with zero attached hydrogens (tertiary/aromatic N) is 2. The number of likely N-dealkylation sites (tertiary alicyclic amines) is 2. The highest BCUT2D eigenvalue weighted by Crippen LogP contribution is 2.40. The van der Waals surface area contributed by atoms with Crippen molar-refractivity contribution in [2.45, 2.75) is 38.5 Å². The molecule has 0 spiro atoms. The Balaban J connectivity index is 1.89. The zero-order valence-corrected chi connectivity index (χ0v) is 15.4. The van der Waals surface area contributed by atoms with Gasteiger partial charge in [-0.25, -0.2) is 0 Å². The van der Waals surface area contributed by atoms with E-state index in [1.807, 2.05) is 30.3 Å². The summed E-state index contributed by atoms with van der Waals surface area (Å²) in [4.78, 5) is 40.3. The number of carbonyl (C=O) groups is 3. The van der Waals surface area contributed by atoms with Crippen LogP contribution in [0, 0.1) is 5.41 Å². The molecule has 3 rings (SSSR count). The summed E-state index contributed by atoms with van der Waals surface area (Å²) in [6.07, 6.45) is 1.60. The molecule has 2 aliphatic rings. The molecular weight excluding hydrogens is 332 g/mol. The largest absolute Gasteiger partial charge is 0.481 e. The highest BCUT2D eigenvalue weighted by Gasteiger charge is 2.50. The third kappa shape index (κ3) is 3.08. The predicted molar refractivity (Wildman–Crippen MR) is 96.5 cm³/mol. The summed E-state index contributed by atoms with van der Waals surface area (Å²) in [5, 5.41) is 9.48. The second kappa shape index (κ2) is 6.74. The molecule has 2 saturated heterocycles. The second-order valence-electron chi connectivity index (χ2n) is 7.80. The highest BCUT2D eigenvalue weighted by atomic mass is 16.4. The molecule has 0 radical (unpaired) electrons. The Morgan fingerprint density at radius 3 is 2.04 bits per heavy atom. The van der Waals surface area contributed by atoms with Gasteiger partial charge in [-0.2, -0.15) is 0 Å². The molecule has 0 aliphatic carbocycles. The topological polar surface area (TPSA) is 77.9 Å². The van der Waals surface area contributed by atoms with Crippen LogP contribution >= 0.6 is 0 Å². The number of amides is 2. The first-order chi connectivity index (χ1) is 12.3. The van der Waals surface area contributed by atoms with Crippen LogP contribution in [0.2, 0.25) is 0 Å². The van der Waals surface area contributed by atoms with Crippen LogP contribution in [0.4, 0.5) is 0 Å². The molecule has 0 saturated carbocycles. The van der Waals surface area contributed by atoms with Crippen molar-refractivity contribution in [3.05, 3.63) is 35.9 Å². The van der Waals surface area contributed by atoms with Crippen LogP contribution < -0.4 is 0 Å². The van der Waals surface area contributed by atoms with E-state index in [2.05, 4.69) is 0 Å². The minimum atomic E-state index is -0.881. The molecule has 2 heterocycles. The molecule has 2 fully saturated rings. The fraction of sp³-hybridized carbons (Fsp3) is 0.550. The smallest absolute Gasteiger partial charge is 0.311 e.